The van der Waals surface area contributed by atoms with Crippen molar-refractivity contribution in [3.8, 4) is 17.2 Å². The number of nitrogens with one attached hydrogen (secondary N) is 1. The van der Waals surface area contributed by atoms with Crippen LogP contribution in [0.3, 0.4) is 0 Å². The highest BCUT2D eigenvalue weighted by atomic mass is 32.2. The number of ether oxygens (including phenoxy) is 1. The summed E-state index contributed by atoms with van der Waals surface area (Å²) in [6.45, 7) is 2.51. The molecule has 0 radical (unpaired) electrons. The maximum Gasteiger partial charge on any atom is 0.277 e. The number of anilines is 1. The van der Waals surface area contributed by atoms with Crippen molar-refractivity contribution in [2.24, 2.45) is 0 Å². The fourth-order valence-corrected chi connectivity index (χ4v) is 3.66. The third kappa shape index (κ3) is 5.67. The van der Waals surface area contributed by atoms with Crippen molar-refractivity contribution in [1.29, 1.82) is 0 Å². The molecule has 7 nitrogen and oxygen atoms in total. The number of thioether (sulfide) groups is 1. The van der Waals surface area contributed by atoms with Crippen LogP contribution in [0.15, 0.2) is 88.5 Å². The lowest BCUT2D eigenvalue weighted by atomic mass is 10.0. The summed E-state index contributed by atoms with van der Waals surface area (Å²) in [6.07, 6.45) is 0. The fourth-order valence-electron chi connectivity index (χ4n) is 3.09. The van der Waals surface area contributed by atoms with E-state index in [2.05, 4.69) is 15.5 Å². The Morgan fingerprint density at radius 3 is 2.42 bits per heavy atom. The maximum absolute atomic E-state index is 12.8. The lowest BCUT2D eigenvalue weighted by Crippen LogP contribution is -2.17. The molecule has 1 N–H and O–H groups in total. The van der Waals surface area contributed by atoms with Gasteiger partial charge >= 0.3 is 0 Å². The highest BCUT2D eigenvalue weighted by molar-refractivity contribution is 7.99. The lowest BCUT2D eigenvalue weighted by molar-refractivity contribution is -0.113. The number of nitrogens with zero attached hydrogens (tertiary/aromatic N) is 2. The minimum absolute atomic E-state index is 0.0543. The molecule has 0 aliphatic carbocycles. The second kappa shape index (κ2) is 10.6. The number of carbonyl (C=O) groups excluding carboxylic acids is 2. The Labute approximate surface area is 195 Å². The van der Waals surface area contributed by atoms with Gasteiger partial charge in [0.25, 0.3) is 5.22 Å². The molecular formula is C25H21N3O4S. The summed E-state index contributed by atoms with van der Waals surface area (Å²) in [5.74, 6) is 0.738. The van der Waals surface area contributed by atoms with Crippen LogP contribution in [0.25, 0.3) is 11.5 Å². The molecule has 8 heteroatoms. The molecule has 166 valence electrons. The second-order valence-corrected chi connectivity index (χ2v) is 7.83. The van der Waals surface area contributed by atoms with Crippen molar-refractivity contribution in [2.45, 2.75) is 12.1 Å². The number of ketones is 1. The molecule has 0 saturated carbocycles. The summed E-state index contributed by atoms with van der Waals surface area (Å²) in [5.41, 5.74) is 2.20. The van der Waals surface area contributed by atoms with E-state index < -0.39 is 0 Å². The topological polar surface area (TPSA) is 94.3 Å². The Morgan fingerprint density at radius 2 is 1.67 bits per heavy atom. The second-order valence-electron chi connectivity index (χ2n) is 6.91. The van der Waals surface area contributed by atoms with Gasteiger partial charge in [0.1, 0.15) is 5.75 Å². The van der Waals surface area contributed by atoms with E-state index in [9.17, 15) is 9.59 Å². The van der Waals surface area contributed by atoms with Gasteiger partial charge in [0.2, 0.25) is 11.8 Å². The first-order valence-corrected chi connectivity index (χ1v) is 11.3. The largest absolute Gasteiger partial charge is 0.494 e. The molecule has 0 atom stereocenters. The van der Waals surface area contributed by atoms with Crippen LogP contribution < -0.4 is 10.1 Å². The molecule has 0 aliphatic heterocycles. The van der Waals surface area contributed by atoms with Gasteiger partial charge in [0.15, 0.2) is 5.78 Å². The van der Waals surface area contributed by atoms with Crippen molar-refractivity contribution in [1.82, 2.24) is 10.2 Å². The normalized spacial score (nSPS) is 10.6. The Hall–Kier alpha value is -3.91. The number of para-hydroxylation sites is 1. The molecule has 33 heavy (non-hydrogen) atoms. The van der Waals surface area contributed by atoms with E-state index in [0.717, 1.165) is 23.1 Å². The van der Waals surface area contributed by atoms with Crippen LogP contribution in [0.5, 0.6) is 5.75 Å². The molecule has 0 bridgehead atoms. The van der Waals surface area contributed by atoms with E-state index in [1.807, 2.05) is 37.3 Å². The highest BCUT2D eigenvalue weighted by Crippen LogP contribution is 2.25. The van der Waals surface area contributed by atoms with Gasteiger partial charge in [-0.3, -0.25) is 9.59 Å². The summed E-state index contributed by atoms with van der Waals surface area (Å²) < 4.78 is 11.1. The van der Waals surface area contributed by atoms with Crippen LogP contribution in [-0.2, 0) is 4.79 Å². The monoisotopic (exact) mass is 459 g/mol. The average Bonchev–Trinajstić information content (AvgIpc) is 3.33. The van der Waals surface area contributed by atoms with Gasteiger partial charge in [-0.15, -0.1) is 10.2 Å². The molecule has 4 aromatic rings. The van der Waals surface area contributed by atoms with Crippen LogP contribution in [-0.4, -0.2) is 34.2 Å². The van der Waals surface area contributed by atoms with E-state index in [1.54, 1.807) is 48.5 Å². The molecule has 0 unspecified atom stereocenters. The molecule has 4 rings (SSSR count). The quantitative estimate of drug-likeness (QED) is 0.275. The van der Waals surface area contributed by atoms with Crippen LogP contribution in [0.2, 0.25) is 0 Å². The van der Waals surface area contributed by atoms with Crippen molar-refractivity contribution < 1.29 is 18.7 Å². The average molecular weight is 460 g/mol. The van der Waals surface area contributed by atoms with Crippen molar-refractivity contribution in [3.05, 3.63) is 90.0 Å². The first kappa shape index (κ1) is 22.3. The number of benzene rings is 3. The summed E-state index contributed by atoms with van der Waals surface area (Å²) in [7, 11) is 0. The van der Waals surface area contributed by atoms with E-state index in [0.29, 0.717) is 29.3 Å². The van der Waals surface area contributed by atoms with Crippen LogP contribution in [0.4, 0.5) is 5.69 Å². The molecule has 1 heterocycles. The fraction of sp³-hybridized carbons (Fsp3) is 0.120. The third-order valence-electron chi connectivity index (χ3n) is 4.63. The van der Waals surface area contributed by atoms with Gasteiger partial charge < -0.3 is 14.5 Å². The molecule has 0 aliphatic rings. The first-order valence-electron chi connectivity index (χ1n) is 10.3. The lowest BCUT2D eigenvalue weighted by Gasteiger charge is -2.10. The molecule has 1 aromatic heterocycles. The number of carbonyl (C=O) groups is 2. The van der Waals surface area contributed by atoms with Gasteiger partial charge in [-0.05, 0) is 43.3 Å². The zero-order valence-corrected chi connectivity index (χ0v) is 18.7. The number of rotatable bonds is 9. The summed E-state index contributed by atoms with van der Waals surface area (Å²) in [4.78, 5) is 25.4. The van der Waals surface area contributed by atoms with Crippen LogP contribution in [0.1, 0.15) is 22.8 Å². The predicted octanol–water partition coefficient (Wildman–Crippen LogP) is 5.10. The Kier molecular flexibility index (Phi) is 7.16. The standard InChI is InChI=1S/C25H21N3O4S/c1-2-31-19-14-12-18(13-15-19)24-27-28-25(32-24)33-16-22(29)26-21-11-7-6-10-20(21)23(30)17-8-4-3-5-9-17/h3-15H,2,16H2,1H3,(H,26,29). The predicted molar refractivity (Wildman–Crippen MR) is 127 cm³/mol. The number of amides is 1. The van der Waals surface area contributed by atoms with E-state index >= 15 is 0 Å². The van der Waals surface area contributed by atoms with Gasteiger partial charge in [0.05, 0.1) is 18.0 Å². The van der Waals surface area contributed by atoms with E-state index in [-0.39, 0.29) is 22.7 Å². The number of aromatic nitrogens is 2. The maximum atomic E-state index is 12.8. The minimum atomic E-state index is -0.283. The summed E-state index contributed by atoms with van der Waals surface area (Å²) >= 11 is 1.12. The third-order valence-corrected chi connectivity index (χ3v) is 5.45. The Morgan fingerprint density at radius 1 is 0.939 bits per heavy atom. The molecule has 0 spiro atoms. The molecule has 3 aromatic carbocycles. The number of hydrogen-bond acceptors (Lipinski definition) is 7. The molecule has 0 saturated heterocycles. The van der Waals surface area contributed by atoms with Gasteiger partial charge in [-0.25, -0.2) is 0 Å². The summed E-state index contributed by atoms with van der Waals surface area (Å²) in [6, 6.07) is 23.2. The van der Waals surface area contributed by atoms with Crippen molar-refractivity contribution in [3.63, 3.8) is 0 Å². The first-order chi connectivity index (χ1) is 16.1. The van der Waals surface area contributed by atoms with E-state index in [1.165, 1.54) is 0 Å². The molecular weight excluding hydrogens is 438 g/mol. The van der Waals surface area contributed by atoms with E-state index in [4.69, 9.17) is 9.15 Å². The van der Waals surface area contributed by atoms with Crippen LogP contribution >= 0.6 is 11.8 Å². The zero-order chi connectivity index (χ0) is 23.0. The zero-order valence-electron chi connectivity index (χ0n) is 17.9. The van der Waals surface area contributed by atoms with Crippen LogP contribution in [0, 0.1) is 0 Å². The minimum Gasteiger partial charge on any atom is -0.494 e. The van der Waals surface area contributed by atoms with Gasteiger partial charge in [0, 0.05) is 16.7 Å². The Balaban J connectivity index is 1.37. The smallest absolute Gasteiger partial charge is 0.277 e. The highest BCUT2D eigenvalue weighted by Gasteiger charge is 2.16. The van der Waals surface area contributed by atoms with Crippen molar-refractivity contribution >= 4 is 29.1 Å². The summed E-state index contributed by atoms with van der Waals surface area (Å²) in [5, 5.41) is 11.1. The van der Waals surface area contributed by atoms with Gasteiger partial charge in [-0.1, -0.05) is 54.2 Å². The molecule has 0 fully saturated rings. The molecule has 1 amide bonds. The van der Waals surface area contributed by atoms with Crippen molar-refractivity contribution in [2.75, 3.05) is 17.7 Å². The SMILES string of the molecule is CCOc1ccc(-c2nnc(SCC(=O)Nc3ccccc3C(=O)c3ccccc3)o2)cc1. The van der Waals surface area contributed by atoms with Gasteiger partial charge in [-0.2, -0.15) is 0 Å². The Bertz CT molecular complexity index is 1240. The number of hydrogen-bond donors (Lipinski definition) is 1.